The van der Waals surface area contributed by atoms with Crippen LogP contribution < -0.4 is 4.57 Å². The molecule has 0 aromatic carbocycles. The van der Waals surface area contributed by atoms with Gasteiger partial charge in [0.25, 0.3) is 0 Å². The van der Waals surface area contributed by atoms with Gasteiger partial charge in [-0.15, -0.1) is 0 Å². The maximum Gasteiger partial charge on any atom is 0.169 e. The summed E-state index contributed by atoms with van der Waals surface area (Å²) in [6, 6.07) is 4.69. The van der Waals surface area contributed by atoms with Crippen molar-refractivity contribution in [3.8, 4) is 0 Å². The van der Waals surface area contributed by atoms with Crippen molar-refractivity contribution in [3.63, 3.8) is 0 Å². The minimum absolute atomic E-state index is 1.19. The Morgan fingerprint density at radius 2 is 0.833 bits per heavy atom. The fraction of sp³-hybridized carbons (Fsp3) is 0.828. The maximum atomic E-state index is 2.38. The highest BCUT2D eigenvalue weighted by atomic mass is 14.9. The van der Waals surface area contributed by atoms with Crippen LogP contribution in [0, 0.1) is 0 Å². The van der Waals surface area contributed by atoms with Crippen LogP contribution in [0.5, 0.6) is 0 Å². The quantitative estimate of drug-likeness (QED) is 0.131. The van der Waals surface area contributed by atoms with Crippen molar-refractivity contribution in [2.45, 2.75) is 155 Å². The van der Waals surface area contributed by atoms with Gasteiger partial charge in [-0.2, -0.15) is 0 Å². The lowest BCUT2D eigenvalue weighted by molar-refractivity contribution is -0.697. The third-order valence-electron chi connectivity index (χ3n) is 6.55. The molecule has 0 aliphatic heterocycles. The summed E-state index contributed by atoms with van der Waals surface area (Å²) in [4.78, 5) is 0. The largest absolute Gasteiger partial charge is 0.205 e. The Balaban J connectivity index is 1.89. The molecule has 0 radical (unpaired) electrons. The van der Waals surface area contributed by atoms with Gasteiger partial charge >= 0.3 is 0 Å². The van der Waals surface area contributed by atoms with E-state index in [1.165, 1.54) is 147 Å². The summed E-state index contributed by atoms with van der Waals surface area (Å²) in [6.07, 6.45) is 34.3. The summed E-state index contributed by atoms with van der Waals surface area (Å²) in [5.41, 5.74) is 1.52. The van der Waals surface area contributed by atoms with Crippen LogP contribution in [0.2, 0.25) is 0 Å². The molecule has 0 atom stereocenters. The third kappa shape index (κ3) is 16.9. The lowest BCUT2D eigenvalue weighted by Gasteiger charge is -2.03. The SMILES string of the molecule is CCCCCCCCCCCCCCC[n+]1ccc(CCCCCCCCC)cc1. The van der Waals surface area contributed by atoms with E-state index < -0.39 is 0 Å². The predicted octanol–water partition coefficient (Wildman–Crippen LogP) is 9.36. The molecule has 0 bridgehead atoms. The molecule has 1 rings (SSSR count). The molecule has 1 heteroatoms. The molecule has 0 fully saturated rings. The molecule has 0 amide bonds. The standard InChI is InChI=1S/C29H54N/c1-3-5-7-9-11-12-13-14-15-16-18-20-22-26-30-27-24-29(25-28-30)23-21-19-17-10-8-6-4-2/h24-25,27-28H,3-23,26H2,1-2H3/q+1. The smallest absolute Gasteiger partial charge is 0.169 e. The number of nitrogens with zero attached hydrogens (tertiary/aromatic N) is 1. The zero-order valence-corrected chi connectivity index (χ0v) is 20.8. The lowest BCUT2D eigenvalue weighted by atomic mass is 10.0. The molecule has 174 valence electrons. The number of rotatable bonds is 22. The van der Waals surface area contributed by atoms with Crippen molar-refractivity contribution >= 4 is 0 Å². The first-order chi connectivity index (χ1) is 14.9. The Morgan fingerprint density at radius 1 is 0.467 bits per heavy atom. The van der Waals surface area contributed by atoms with Crippen LogP contribution in [0.4, 0.5) is 0 Å². The average molecular weight is 417 g/mol. The van der Waals surface area contributed by atoms with Gasteiger partial charge in [-0.05, 0) is 24.8 Å². The van der Waals surface area contributed by atoms with Gasteiger partial charge in [0.1, 0.15) is 6.54 Å². The van der Waals surface area contributed by atoms with Gasteiger partial charge in [0.05, 0.1) is 0 Å². The summed E-state index contributed by atoms with van der Waals surface area (Å²) in [7, 11) is 0. The highest BCUT2D eigenvalue weighted by molar-refractivity contribution is 5.07. The summed E-state index contributed by atoms with van der Waals surface area (Å²) in [5.74, 6) is 0. The fourth-order valence-electron chi connectivity index (χ4n) is 4.40. The molecular weight excluding hydrogens is 362 g/mol. The third-order valence-corrected chi connectivity index (χ3v) is 6.55. The van der Waals surface area contributed by atoms with E-state index in [1.54, 1.807) is 0 Å². The van der Waals surface area contributed by atoms with Gasteiger partial charge in [-0.25, -0.2) is 4.57 Å². The van der Waals surface area contributed by atoms with Gasteiger partial charge in [-0.3, -0.25) is 0 Å². The van der Waals surface area contributed by atoms with Crippen LogP contribution in [-0.4, -0.2) is 0 Å². The molecule has 30 heavy (non-hydrogen) atoms. The molecule has 0 unspecified atom stereocenters. The van der Waals surface area contributed by atoms with Gasteiger partial charge in [0.2, 0.25) is 0 Å². The molecule has 1 heterocycles. The van der Waals surface area contributed by atoms with Gasteiger partial charge in [0.15, 0.2) is 12.4 Å². The van der Waals surface area contributed by atoms with Crippen molar-refractivity contribution in [1.29, 1.82) is 0 Å². The molecule has 0 aliphatic carbocycles. The van der Waals surface area contributed by atoms with E-state index in [-0.39, 0.29) is 0 Å². The second kappa shape index (κ2) is 21.4. The number of aromatic nitrogens is 1. The summed E-state index contributed by atoms with van der Waals surface area (Å²) < 4.78 is 2.38. The van der Waals surface area contributed by atoms with Crippen LogP contribution in [-0.2, 0) is 13.0 Å². The number of aryl methyl sites for hydroxylation is 2. The Labute approximate surface area is 190 Å². The number of hydrogen-bond acceptors (Lipinski definition) is 0. The summed E-state index contributed by atoms with van der Waals surface area (Å²) >= 11 is 0. The zero-order valence-electron chi connectivity index (χ0n) is 20.8. The van der Waals surface area contributed by atoms with Gasteiger partial charge in [0, 0.05) is 18.6 Å². The van der Waals surface area contributed by atoms with Crippen molar-refractivity contribution < 1.29 is 4.57 Å². The van der Waals surface area contributed by atoms with E-state index in [0.29, 0.717) is 0 Å². The molecule has 0 saturated heterocycles. The molecule has 0 aliphatic rings. The first-order valence-corrected chi connectivity index (χ1v) is 13.8. The Kier molecular flexibility index (Phi) is 19.4. The minimum atomic E-state index is 1.19. The first kappa shape index (κ1) is 27.2. The molecule has 0 saturated carbocycles. The highest BCUT2D eigenvalue weighted by Crippen LogP contribution is 2.13. The fourth-order valence-corrected chi connectivity index (χ4v) is 4.40. The summed E-state index contributed by atoms with van der Waals surface area (Å²) in [6.45, 7) is 5.78. The van der Waals surface area contributed by atoms with E-state index in [4.69, 9.17) is 0 Å². The van der Waals surface area contributed by atoms with Crippen LogP contribution in [0.1, 0.15) is 148 Å². The highest BCUT2D eigenvalue weighted by Gasteiger charge is 2.02. The zero-order chi connectivity index (χ0) is 21.5. The number of pyridine rings is 1. The maximum absolute atomic E-state index is 2.38. The predicted molar refractivity (Wildman–Crippen MR) is 134 cm³/mol. The molecular formula is C29H54N+. The first-order valence-electron chi connectivity index (χ1n) is 13.8. The minimum Gasteiger partial charge on any atom is -0.205 e. The number of unbranched alkanes of at least 4 members (excludes halogenated alkanes) is 18. The second-order valence-corrected chi connectivity index (χ2v) is 9.56. The Bertz CT molecular complexity index is 450. The topological polar surface area (TPSA) is 3.88 Å². The normalized spacial score (nSPS) is 11.3. The van der Waals surface area contributed by atoms with Crippen LogP contribution in [0.3, 0.4) is 0 Å². The van der Waals surface area contributed by atoms with E-state index >= 15 is 0 Å². The lowest BCUT2D eigenvalue weighted by Crippen LogP contribution is -2.32. The van der Waals surface area contributed by atoms with Crippen LogP contribution >= 0.6 is 0 Å². The van der Waals surface area contributed by atoms with E-state index in [0.717, 1.165) is 0 Å². The molecule has 1 aromatic rings. The Hall–Kier alpha value is -0.850. The van der Waals surface area contributed by atoms with Crippen molar-refractivity contribution in [2.75, 3.05) is 0 Å². The number of hydrogen-bond donors (Lipinski definition) is 0. The second-order valence-electron chi connectivity index (χ2n) is 9.56. The molecule has 1 aromatic heterocycles. The summed E-state index contributed by atoms with van der Waals surface area (Å²) in [5, 5.41) is 0. The average Bonchev–Trinajstić information content (AvgIpc) is 2.77. The molecule has 0 spiro atoms. The molecule has 0 N–H and O–H groups in total. The van der Waals surface area contributed by atoms with E-state index in [1.807, 2.05) is 0 Å². The van der Waals surface area contributed by atoms with Crippen molar-refractivity contribution in [1.82, 2.24) is 0 Å². The van der Waals surface area contributed by atoms with E-state index in [9.17, 15) is 0 Å². The Morgan fingerprint density at radius 3 is 1.27 bits per heavy atom. The van der Waals surface area contributed by atoms with E-state index in [2.05, 4.69) is 42.9 Å². The van der Waals surface area contributed by atoms with Crippen LogP contribution in [0.15, 0.2) is 24.5 Å². The van der Waals surface area contributed by atoms with Gasteiger partial charge < -0.3 is 0 Å². The van der Waals surface area contributed by atoms with Gasteiger partial charge in [-0.1, -0.05) is 123 Å². The monoisotopic (exact) mass is 416 g/mol. The van der Waals surface area contributed by atoms with Crippen molar-refractivity contribution in [3.05, 3.63) is 30.1 Å². The van der Waals surface area contributed by atoms with Crippen molar-refractivity contribution in [2.24, 2.45) is 0 Å². The molecule has 1 nitrogen and oxygen atoms in total. The van der Waals surface area contributed by atoms with Crippen LogP contribution in [0.25, 0.3) is 0 Å².